The molecule has 0 radical (unpaired) electrons. The van der Waals surface area contributed by atoms with Crippen LogP contribution in [0.5, 0.6) is 0 Å². The van der Waals surface area contributed by atoms with Crippen molar-refractivity contribution in [1.82, 2.24) is 10.1 Å². The van der Waals surface area contributed by atoms with Crippen molar-refractivity contribution >= 4 is 0 Å². The van der Waals surface area contributed by atoms with Gasteiger partial charge in [0.2, 0.25) is 11.7 Å². The maximum atomic E-state index is 8.86. The van der Waals surface area contributed by atoms with Gasteiger partial charge >= 0.3 is 0 Å². The molecule has 1 fully saturated rings. The van der Waals surface area contributed by atoms with Crippen molar-refractivity contribution in [2.24, 2.45) is 11.8 Å². The number of ether oxygens (including phenoxy) is 1. The molecule has 20 heavy (non-hydrogen) atoms. The highest BCUT2D eigenvalue weighted by molar-refractivity contribution is 5.05. The van der Waals surface area contributed by atoms with Gasteiger partial charge in [0.15, 0.2) is 0 Å². The van der Waals surface area contributed by atoms with Gasteiger partial charge in [-0.05, 0) is 39.0 Å². The van der Waals surface area contributed by atoms with Gasteiger partial charge in [-0.25, -0.2) is 0 Å². The van der Waals surface area contributed by atoms with Crippen LogP contribution in [0.25, 0.3) is 0 Å². The lowest BCUT2D eigenvalue weighted by Gasteiger charge is -2.37. The third-order valence-corrected chi connectivity index (χ3v) is 3.95. The summed E-state index contributed by atoms with van der Waals surface area (Å²) in [7, 11) is 0. The second-order valence-corrected chi connectivity index (χ2v) is 5.87. The lowest BCUT2D eigenvalue weighted by Crippen LogP contribution is -2.36. The standard InChI is InChI=1S/C15H23N3O2/c1-4-19-15(7-5-6-11(2)9-15)14-17-13(20-18-14)8-12(3)10-16/h11-12H,4-9H2,1-3H3. The highest BCUT2D eigenvalue weighted by Crippen LogP contribution is 2.41. The summed E-state index contributed by atoms with van der Waals surface area (Å²) in [6.45, 7) is 6.74. The van der Waals surface area contributed by atoms with E-state index in [1.165, 1.54) is 6.42 Å². The number of hydrogen-bond donors (Lipinski definition) is 0. The minimum absolute atomic E-state index is 0.114. The van der Waals surface area contributed by atoms with E-state index in [1.54, 1.807) is 0 Å². The first-order chi connectivity index (χ1) is 9.59. The second-order valence-electron chi connectivity index (χ2n) is 5.87. The predicted octanol–water partition coefficient (Wildman–Crippen LogP) is 3.21. The fourth-order valence-electron chi connectivity index (χ4n) is 3.01. The Bertz CT molecular complexity index is 476. The Labute approximate surface area is 120 Å². The molecule has 3 unspecified atom stereocenters. The van der Waals surface area contributed by atoms with Crippen molar-refractivity contribution in [2.75, 3.05) is 6.61 Å². The quantitative estimate of drug-likeness (QED) is 0.826. The van der Waals surface area contributed by atoms with Gasteiger partial charge in [0.1, 0.15) is 5.60 Å². The van der Waals surface area contributed by atoms with Crippen molar-refractivity contribution in [3.8, 4) is 6.07 Å². The fourth-order valence-corrected chi connectivity index (χ4v) is 3.01. The van der Waals surface area contributed by atoms with Gasteiger partial charge in [-0.15, -0.1) is 0 Å². The Morgan fingerprint density at radius 1 is 1.60 bits per heavy atom. The summed E-state index contributed by atoms with van der Waals surface area (Å²) < 4.78 is 11.3. The maximum absolute atomic E-state index is 8.86. The molecule has 110 valence electrons. The van der Waals surface area contributed by atoms with Crippen LogP contribution in [0.2, 0.25) is 0 Å². The van der Waals surface area contributed by atoms with Crippen LogP contribution >= 0.6 is 0 Å². The molecule has 1 heterocycles. The smallest absolute Gasteiger partial charge is 0.228 e. The number of nitrogens with zero attached hydrogens (tertiary/aromatic N) is 3. The Hall–Kier alpha value is -1.41. The first-order valence-corrected chi connectivity index (χ1v) is 7.46. The number of nitriles is 1. The average Bonchev–Trinajstić information content (AvgIpc) is 2.88. The molecule has 1 saturated carbocycles. The van der Waals surface area contributed by atoms with Gasteiger partial charge in [0.25, 0.3) is 0 Å². The fraction of sp³-hybridized carbons (Fsp3) is 0.800. The molecule has 0 bridgehead atoms. The van der Waals surface area contributed by atoms with Gasteiger partial charge in [0.05, 0.1) is 12.0 Å². The van der Waals surface area contributed by atoms with Crippen LogP contribution in [0, 0.1) is 23.2 Å². The molecule has 1 aromatic heterocycles. The summed E-state index contributed by atoms with van der Waals surface area (Å²) in [6, 6.07) is 2.18. The minimum Gasteiger partial charge on any atom is -0.367 e. The molecule has 5 nitrogen and oxygen atoms in total. The van der Waals surface area contributed by atoms with Crippen LogP contribution in [0.15, 0.2) is 4.52 Å². The van der Waals surface area contributed by atoms with Crippen LogP contribution < -0.4 is 0 Å². The van der Waals surface area contributed by atoms with E-state index in [2.05, 4.69) is 23.1 Å². The third-order valence-electron chi connectivity index (χ3n) is 3.95. The average molecular weight is 277 g/mol. The van der Waals surface area contributed by atoms with Gasteiger partial charge < -0.3 is 9.26 Å². The normalized spacial score (nSPS) is 28.0. The molecule has 0 N–H and O–H groups in total. The summed E-state index contributed by atoms with van der Waals surface area (Å²) in [4.78, 5) is 4.49. The zero-order valence-corrected chi connectivity index (χ0v) is 12.6. The van der Waals surface area contributed by atoms with Crippen molar-refractivity contribution in [1.29, 1.82) is 5.26 Å². The van der Waals surface area contributed by atoms with Crippen molar-refractivity contribution in [2.45, 2.75) is 58.5 Å². The molecule has 1 aliphatic rings. The molecule has 2 rings (SSSR count). The minimum atomic E-state index is -0.399. The van der Waals surface area contributed by atoms with E-state index in [9.17, 15) is 0 Å². The summed E-state index contributed by atoms with van der Waals surface area (Å²) in [5, 5.41) is 13.0. The Morgan fingerprint density at radius 2 is 2.40 bits per heavy atom. The van der Waals surface area contributed by atoms with Crippen LogP contribution in [0.1, 0.15) is 58.2 Å². The molecule has 0 saturated heterocycles. The molecule has 0 aromatic carbocycles. The van der Waals surface area contributed by atoms with Gasteiger partial charge in [0, 0.05) is 13.0 Å². The summed E-state index contributed by atoms with van der Waals surface area (Å²) in [5.41, 5.74) is -0.399. The van der Waals surface area contributed by atoms with E-state index < -0.39 is 5.60 Å². The lowest BCUT2D eigenvalue weighted by molar-refractivity contribution is -0.0891. The zero-order valence-electron chi connectivity index (χ0n) is 12.6. The van der Waals surface area contributed by atoms with E-state index >= 15 is 0 Å². The predicted molar refractivity (Wildman–Crippen MR) is 73.7 cm³/mol. The molecule has 3 atom stereocenters. The zero-order chi connectivity index (χ0) is 14.6. The van der Waals surface area contributed by atoms with E-state index in [4.69, 9.17) is 14.5 Å². The molecular formula is C15H23N3O2. The van der Waals surface area contributed by atoms with Crippen LogP contribution in [-0.4, -0.2) is 16.7 Å². The number of aromatic nitrogens is 2. The second kappa shape index (κ2) is 6.36. The van der Waals surface area contributed by atoms with Crippen LogP contribution in [0.3, 0.4) is 0 Å². The molecule has 0 amide bonds. The summed E-state index contributed by atoms with van der Waals surface area (Å²) in [6.07, 6.45) is 4.73. The van der Waals surface area contributed by atoms with Crippen molar-refractivity contribution in [3.05, 3.63) is 11.7 Å². The molecular weight excluding hydrogens is 254 g/mol. The van der Waals surface area contributed by atoms with Crippen molar-refractivity contribution in [3.63, 3.8) is 0 Å². The van der Waals surface area contributed by atoms with E-state index in [0.717, 1.165) is 19.3 Å². The molecule has 1 aliphatic carbocycles. The molecule has 1 aromatic rings. The molecule has 5 heteroatoms. The van der Waals surface area contributed by atoms with E-state index in [0.29, 0.717) is 30.7 Å². The monoisotopic (exact) mass is 277 g/mol. The number of hydrogen-bond acceptors (Lipinski definition) is 5. The highest BCUT2D eigenvalue weighted by atomic mass is 16.5. The lowest BCUT2D eigenvalue weighted by atomic mass is 9.78. The third kappa shape index (κ3) is 3.18. The van der Waals surface area contributed by atoms with Gasteiger partial charge in [-0.3, -0.25) is 0 Å². The van der Waals surface area contributed by atoms with Crippen molar-refractivity contribution < 1.29 is 9.26 Å². The topological polar surface area (TPSA) is 71.9 Å². The van der Waals surface area contributed by atoms with E-state index in [-0.39, 0.29) is 5.92 Å². The molecule has 0 aliphatic heterocycles. The van der Waals surface area contributed by atoms with Gasteiger partial charge in [-0.1, -0.05) is 18.5 Å². The summed E-state index contributed by atoms with van der Waals surface area (Å²) >= 11 is 0. The Morgan fingerprint density at radius 3 is 3.05 bits per heavy atom. The molecule has 0 spiro atoms. The van der Waals surface area contributed by atoms with Crippen LogP contribution in [0.4, 0.5) is 0 Å². The van der Waals surface area contributed by atoms with E-state index in [1.807, 2.05) is 13.8 Å². The maximum Gasteiger partial charge on any atom is 0.228 e. The highest BCUT2D eigenvalue weighted by Gasteiger charge is 2.41. The van der Waals surface area contributed by atoms with Gasteiger partial charge in [-0.2, -0.15) is 10.2 Å². The first-order valence-electron chi connectivity index (χ1n) is 7.46. The number of rotatable bonds is 5. The van der Waals surface area contributed by atoms with Crippen LogP contribution in [-0.2, 0) is 16.8 Å². The Kier molecular flexibility index (Phi) is 4.77. The first kappa shape index (κ1) is 15.0. The summed E-state index contributed by atoms with van der Waals surface area (Å²) in [5.74, 6) is 1.68. The SMILES string of the molecule is CCOC1(c2noc(CC(C)C#N)n2)CCCC(C)C1. The Balaban J connectivity index is 2.19. The largest absolute Gasteiger partial charge is 0.367 e.